The van der Waals surface area contributed by atoms with Crippen LogP contribution in [0.2, 0.25) is 0 Å². The zero-order chi connectivity index (χ0) is 35.7. The van der Waals surface area contributed by atoms with E-state index in [2.05, 4.69) is 39.8 Å². The van der Waals surface area contributed by atoms with Crippen LogP contribution < -0.4 is 16.0 Å². The first-order chi connectivity index (χ1) is 23.6. The number of likely N-dealkylation sites (tertiary alicyclic amines) is 1. The molecule has 4 aromatic rings. The van der Waals surface area contributed by atoms with E-state index in [1.807, 2.05) is 70.2 Å². The summed E-state index contributed by atoms with van der Waals surface area (Å²) in [5.41, 5.74) is 2.04. The van der Waals surface area contributed by atoms with E-state index in [4.69, 9.17) is 0 Å². The first-order valence-corrected chi connectivity index (χ1v) is 18.1. The van der Waals surface area contributed by atoms with Crippen LogP contribution in [0.4, 0.5) is 0 Å². The number of nitrogens with zero attached hydrogens (tertiary/aromatic N) is 2. The van der Waals surface area contributed by atoms with Crippen molar-refractivity contribution < 1.29 is 24.0 Å². The average Bonchev–Trinajstić information content (AvgIpc) is 3.72. The lowest BCUT2D eigenvalue weighted by Crippen LogP contribution is -2.60. The summed E-state index contributed by atoms with van der Waals surface area (Å²) in [4.78, 5) is 78.6. The number of benzene rings is 2. The number of carbonyl (C=O) groups is 5. The van der Waals surface area contributed by atoms with Crippen LogP contribution in [0.25, 0.3) is 21.1 Å². The van der Waals surface area contributed by atoms with Crippen LogP contribution in [-0.4, -0.2) is 75.5 Å². The standard InChI is InChI=1S/C38H44N6O5S/c1-19-10-9-12-23-21(19)17-26(40-23)33(47)43-31(37(2,3)4)36(49)44-18-22-28(38(22,5)6)29(44)34(48)41-25(16-20-14-15-39-32(20)46)30(45)35-42-24-11-7-8-13-27(24)50-35/h7-13,17,20,22,25,28-29,31,40H,14-16,18H2,1-6H3,(H,39,46)(H,41,48)(H,43,47)/t20-,22-,25-,28-,29-,31+/m0/s1. The summed E-state index contributed by atoms with van der Waals surface area (Å²) in [6.45, 7) is 12.7. The molecule has 2 aliphatic heterocycles. The first-order valence-electron chi connectivity index (χ1n) is 17.3. The fourth-order valence-electron chi connectivity index (χ4n) is 8.04. The van der Waals surface area contributed by atoms with E-state index in [0.717, 1.165) is 21.2 Å². The smallest absolute Gasteiger partial charge is 0.268 e. The number of H-pyrrole nitrogens is 1. The summed E-state index contributed by atoms with van der Waals surface area (Å²) >= 11 is 1.26. The second-order valence-corrected chi connectivity index (χ2v) is 16.8. The van der Waals surface area contributed by atoms with Gasteiger partial charge in [0, 0.05) is 29.9 Å². The Labute approximate surface area is 295 Å². The quantitative estimate of drug-likeness (QED) is 0.188. The molecule has 0 unspecified atom stereocenters. The van der Waals surface area contributed by atoms with Crippen LogP contribution >= 0.6 is 11.3 Å². The van der Waals surface area contributed by atoms with Gasteiger partial charge in [0.1, 0.15) is 17.8 Å². The van der Waals surface area contributed by atoms with E-state index < -0.39 is 41.3 Å². The highest BCUT2D eigenvalue weighted by Gasteiger charge is 2.70. The highest BCUT2D eigenvalue weighted by Crippen LogP contribution is 2.65. The van der Waals surface area contributed by atoms with Gasteiger partial charge in [-0.1, -0.05) is 58.9 Å². The van der Waals surface area contributed by atoms with Crippen LogP contribution in [0.1, 0.15) is 73.3 Å². The summed E-state index contributed by atoms with van der Waals surface area (Å²) in [5.74, 6) is -2.13. The zero-order valence-corrected chi connectivity index (χ0v) is 30.1. The number of thiazole rings is 1. The topological polar surface area (TPSA) is 153 Å². The number of aromatic nitrogens is 2. The molecule has 262 valence electrons. The summed E-state index contributed by atoms with van der Waals surface area (Å²) in [6.07, 6.45) is 0.697. The molecule has 2 aromatic heterocycles. The van der Waals surface area contributed by atoms with Crippen LogP contribution in [-0.2, 0) is 14.4 Å². The van der Waals surface area contributed by atoms with Crippen molar-refractivity contribution in [1.82, 2.24) is 30.8 Å². The van der Waals surface area contributed by atoms with E-state index in [1.165, 1.54) is 11.3 Å². The average molecular weight is 697 g/mol. The van der Waals surface area contributed by atoms with E-state index in [1.54, 1.807) is 11.0 Å². The molecule has 4 heterocycles. The van der Waals surface area contributed by atoms with Gasteiger partial charge in [-0.15, -0.1) is 11.3 Å². The molecule has 3 fully saturated rings. The summed E-state index contributed by atoms with van der Waals surface area (Å²) in [6, 6.07) is 12.3. The monoisotopic (exact) mass is 696 g/mol. The van der Waals surface area contributed by atoms with Crippen molar-refractivity contribution in [2.24, 2.45) is 28.6 Å². The van der Waals surface area contributed by atoms with Gasteiger partial charge in [-0.25, -0.2) is 4.98 Å². The van der Waals surface area contributed by atoms with Crippen molar-refractivity contribution in [2.75, 3.05) is 13.1 Å². The lowest BCUT2D eigenvalue weighted by Gasteiger charge is -2.38. The van der Waals surface area contributed by atoms with Gasteiger partial charge in [-0.2, -0.15) is 0 Å². The van der Waals surface area contributed by atoms with Crippen LogP contribution in [0.5, 0.6) is 0 Å². The number of piperidine rings is 1. The molecule has 1 aliphatic carbocycles. The van der Waals surface area contributed by atoms with Crippen LogP contribution in [0, 0.1) is 35.5 Å². The number of ketones is 1. The number of nitrogens with one attached hydrogen (secondary N) is 4. The molecule has 0 bridgehead atoms. The Hall–Kier alpha value is -4.58. The Bertz CT molecular complexity index is 2010. The number of fused-ring (bicyclic) bond motifs is 3. The number of hydrogen-bond acceptors (Lipinski definition) is 7. The molecule has 2 saturated heterocycles. The summed E-state index contributed by atoms with van der Waals surface area (Å²) in [5, 5.41) is 10.0. The Morgan fingerprint density at radius 2 is 1.84 bits per heavy atom. The highest BCUT2D eigenvalue weighted by molar-refractivity contribution is 7.20. The van der Waals surface area contributed by atoms with Gasteiger partial charge < -0.3 is 25.8 Å². The van der Waals surface area contributed by atoms with Crippen molar-refractivity contribution in [2.45, 2.75) is 72.5 Å². The minimum Gasteiger partial charge on any atom is -0.356 e. The molecule has 0 radical (unpaired) electrons. The maximum atomic E-state index is 14.5. The number of Topliss-reactive ketones (excluding diaryl/α,β-unsaturated/α-hetero) is 1. The third kappa shape index (κ3) is 5.97. The molecule has 50 heavy (non-hydrogen) atoms. The molecule has 2 aromatic carbocycles. The van der Waals surface area contributed by atoms with Crippen LogP contribution in [0.3, 0.4) is 0 Å². The lowest BCUT2D eigenvalue weighted by atomic mass is 9.85. The van der Waals surface area contributed by atoms with Gasteiger partial charge in [0.05, 0.1) is 16.3 Å². The first kappa shape index (κ1) is 33.9. The second kappa shape index (κ2) is 12.3. The summed E-state index contributed by atoms with van der Waals surface area (Å²) < 4.78 is 0.854. The molecular formula is C38H44N6O5S. The van der Waals surface area contributed by atoms with Crippen molar-refractivity contribution in [1.29, 1.82) is 0 Å². The van der Waals surface area contributed by atoms with E-state index in [0.29, 0.717) is 30.7 Å². The van der Waals surface area contributed by atoms with Gasteiger partial charge in [-0.05, 0) is 72.3 Å². The van der Waals surface area contributed by atoms with E-state index in [9.17, 15) is 24.0 Å². The maximum absolute atomic E-state index is 14.5. The fraction of sp³-hybridized carbons (Fsp3) is 0.474. The van der Waals surface area contributed by atoms with E-state index in [-0.39, 0.29) is 46.3 Å². The number of rotatable bonds is 9. The SMILES string of the molecule is Cc1cccc2[nH]c(C(=O)N[C@H](C(=O)N3C[C@H]4[C@@H]([C@H]3C(=O)N[C@@H](C[C@@H]3CCNC3=O)C(=O)c3nc5ccccc5s3)C4(C)C)C(C)(C)C)cc12. The normalized spacial score (nSPS) is 23.7. The molecule has 6 atom stereocenters. The minimum atomic E-state index is -1.00. The lowest BCUT2D eigenvalue weighted by molar-refractivity contribution is -0.144. The van der Waals surface area contributed by atoms with Crippen molar-refractivity contribution >= 4 is 61.9 Å². The highest BCUT2D eigenvalue weighted by atomic mass is 32.1. The number of hydrogen-bond donors (Lipinski definition) is 4. The number of aryl methyl sites for hydroxylation is 1. The zero-order valence-electron chi connectivity index (χ0n) is 29.3. The van der Waals surface area contributed by atoms with Crippen molar-refractivity contribution in [3.05, 3.63) is 64.8 Å². The molecule has 0 spiro atoms. The molecular weight excluding hydrogens is 653 g/mol. The number of para-hydroxylation sites is 1. The molecule has 4 amide bonds. The Balaban J connectivity index is 1.16. The van der Waals surface area contributed by atoms with Crippen LogP contribution in [0.15, 0.2) is 48.5 Å². The Morgan fingerprint density at radius 3 is 2.52 bits per heavy atom. The number of amides is 4. The Kier molecular flexibility index (Phi) is 8.36. The van der Waals surface area contributed by atoms with Crippen molar-refractivity contribution in [3.63, 3.8) is 0 Å². The molecule has 7 rings (SSSR count). The van der Waals surface area contributed by atoms with Gasteiger partial charge >= 0.3 is 0 Å². The number of aromatic amines is 1. The largest absolute Gasteiger partial charge is 0.356 e. The fourth-order valence-corrected chi connectivity index (χ4v) is 9.00. The van der Waals surface area contributed by atoms with Gasteiger partial charge in [0.25, 0.3) is 5.91 Å². The third-order valence-corrected chi connectivity index (χ3v) is 12.1. The van der Waals surface area contributed by atoms with Gasteiger partial charge in [0.15, 0.2) is 5.01 Å². The number of carbonyl (C=O) groups excluding carboxylic acids is 5. The third-order valence-electron chi connectivity index (χ3n) is 11.1. The van der Waals surface area contributed by atoms with Crippen molar-refractivity contribution in [3.8, 4) is 0 Å². The van der Waals surface area contributed by atoms with Gasteiger partial charge in [-0.3, -0.25) is 24.0 Å². The predicted molar refractivity (Wildman–Crippen MR) is 192 cm³/mol. The van der Waals surface area contributed by atoms with E-state index >= 15 is 0 Å². The summed E-state index contributed by atoms with van der Waals surface area (Å²) in [7, 11) is 0. The maximum Gasteiger partial charge on any atom is 0.268 e. The molecule has 4 N–H and O–H groups in total. The molecule has 11 nitrogen and oxygen atoms in total. The molecule has 3 aliphatic rings. The van der Waals surface area contributed by atoms with Gasteiger partial charge in [0.2, 0.25) is 23.5 Å². The molecule has 1 saturated carbocycles. The minimum absolute atomic E-state index is 0.0919. The predicted octanol–water partition coefficient (Wildman–Crippen LogP) is 4.61. The second-order valence-electron chi connectivity index (χ2n) is 15.8. The molecule has 12 heteroatoms. The Morgan fingerprint density at radius 1 is 1.08 bits per heavy atom.